The molecule has 0 aromatic heterocycles. The van der Waals surface area contributed by atoms with Gasteiger partial charge in [0, 0.05) is 24.8 Å². The minimum absolute atomic E-state index is 0.0103. The summed E-state index contributed by atoms with van der Waals surface area (Å²) >= 11 is 0. The number of benzene rings is 1. The summed E-state index contributed by atoms with van der Waals surface area (Å²) in [5.74, 6) is -0.576. The molecule has 0 heterocycles. The van der Waals surface area contributed by atoms with E-state index in [2.05, 4.69) is 4.72 Å². The monoisotopic (exact) mass is 318 g/mol. The third kappa shape index (κ3) is 4.74. The minimum Gasteiger partial charge on any atom is -0.380 e. The van der Waals surface area contributed by atoms with Gasteiger partial charge >= 0.3 is 0 Å². The highest BCUT2D eigenvalue weighted by atomic mass is 32.2. The Hall–Kier alpha value is -1.02. The molecule has 0 aliphatic carbocycles. The topological polar surface area (TPSA) is 81.4 Å². The van der Waals surface area contributed by atoms with Crippen LogP contribution in [0.15, 0.2) is 23.1 Å². The van der Waals surface area contributed by atoms with Crippen molar-refractivity contribution in [3.05, 3.63) is 29.6 Å². The molecular weight excluding hydrogens is 295 g/mol. The number of hydrogen-bond acceptors (Lipinski definition) is 4. The maximum absolute atomic E-state index is 13.7. The van der Waals surface area contributed by atoms with Gasteiger partial charge in [0.15, 0.2) is 0 Å². The van der Waals surface area contributed by atoms with Gasteiger partial charge in [0.05, 0.1) is 11.5 Å². The van der Waals surface area contributed by atoms with Crippen LogP contribution in [0.1, 0.15) is 26.3 Å². The minimum atomic E-state index is -3.85. The van der Waals surface area contributed by atoms with Crippen molar-refractivity contribution in [3.63, 3.8) is 0 Å². The predicted molar refractivity (Wildman–Crippen MR) is 79.7 cm³/mol. The van der Waals surface area contributed by atoms with Crippen LogP contribution in [0, 0.1) is 11.7 Å². The lowest BCUT2D eigenvalue weighted by Gasteiger charge is -2.22. The van der Waals surface area contributed by atoms with Gasteiger partial charge in [-0.3, -0.25) is 0 Å². The molecule has 1 unspecified atom stereocenters. The maximum atomic E-state index is 13.7. The van der Waals surface area contributed by atoms with Crippen LogP contribution in [0.5, 0.6) is 0 Å². The molecule has 1 rings (SSSR count). The third-order valence-electron chi connectivity index (χ3n) is 3.18. The van der Waals surface area contributed by atoms with E-state index in [1.165, 1.54) is 18.2 Å². The van der Waals surface area contributed by atoms with Crippen molar-refractivity contribution in [2.24, 2.45) is 11.7 Å². The van der Waals surface area contributed by atoms with E-state index in [0.717, 1.165) is 0 Å². The SMILES string of the molecule is CCOCC(NS(=O)(=O)c1cccc(F)c1CN)C(C)C. The molecule has 7 heteroatoms. The van der Waals surface area contributed by atoms with E-state index in [1.54, 1.807) is 0 Å². The number of nitrogens with two attached hydrogens (primary N) is 1. The lowest BCUT2D eigenvalue weighted by Crippen LogP contribution is -2.42. The summed E-state index contributed by atoms with van der Waals surface area (Å²) < 4.78 is 46.5. The zero-order chi connectivity index (χ0) is 16.0. The van der Waals surface area contributed by atoms with Gasteiger partial charge in [-0.05, 0) is 25.0 Å². The van der Waals surface area contributed by atoms with Gasteiger partial charge in [0.2, 0.25) is 10.0 Å². The Morgan fingerprint density at radius 3 is 2.57 bits per heavy atom. The van der Waals surface area contributed by atoms with Gasteiger partial charge in [-0.2, -0.15) is 0 Å². The number of hydrogen-bond donors (Lipinski definition) is 2. The predicted octanol–water partition coefficient (Wildman–Crippen LogP) is 1.62. The van der Waals surface area contributed by atoms with Gasteiger partial charge in [0.25, 0.3) is 0 Å². The second-order valence-corrected chi connectivity index (χ2v) is 6.73. The molecule has 0 radical (unpaired) electrons. The molecular formula is C14H23FN2O3S. The first-order chi connectivity index (χ1) is 9.83. The summed E-state index contributed by atoms with van der Waals surface area (Å²) in [5.41, 5.74) is 5.45. The van der Waals surface area contributed by atoms with E-state index in [-0.39, 0.29) is 35.6 Å². The first-order valence-electron chi connectivity index (χ1n) is 6.91. The zero-order valence-electron chi connectivity index (χ0n) is 12.6. The number of nitrogens with one attached hydrogen (secondary N) is 1. The smallest absolute Gasteiger partial charge is 0.241 e. The van der Waals surface area contributed by atoms with Crippen molar-refractivity contribution in [1.82, 2.24) is 4.72 Å². The normalized spacial score (nSPS) is 13.6. The average Bonchev–Trinajstić information content (AvgIpc) is 2.42. The van der Waals surface area contributed by atoms with Crippen molar-refractivity contribution < 1.29 is 17.5 Å². The molecule has 0 spiro atoms. The van der Waals surface area contributed by atoms with E-state index >= 15 is 0 Å². The molecule has 1 atom stereocenters. The van der Waals surface area contributed by atoms with Crippen molar-refractivity contribution in [1.29, 1.82) is 0 Å². The quantitative estimate of drug-likeness (QED) is 0.763. The van der Waals surface area contributed by atoms with Crippen LogP contribution in [0.4, 0.5) is 4.39 Å². The Morgan fingerprint density at radius 2 is 2.05 bits per heavy atom. The summed E-state index contributed by atoms with van der Waals surface area (Å²) in [7, 11) is -3.85. The molecule has 0 bridgehead atoms. The molecule has 0 aliphatic rings. The zero-order valence-corrected chi connectivity index (χ0v) is 13.4. The van der Waals surface area contributed by atoms with Crippen LogP contribution in [0.25, 0.3) is 0 Å². The molecule has 1 aromatic carbocycles. The molecule has 0 fully saturated rings. The van der Waals surface area contributed by atoms with Crippen LogP contribution in [-0.4, -0.2) is 27.7 Å². The number of ether oxygens (including phenoxy) is 1. The molecule has 0 saturated carbocycles. The molecule has 0 aliphatic heterocycles. The number of rotatable bonds is 8. The first-order valence-corrected chi connectivity index (χ1v) is 8.39. The average molecular weight is 318 g/mol. The summed E-state index contributed by atoms with van der Waals surface area (Å²) in [6, 6.07) is 3.52. The highest BCUT2D eigenvalue weighted by Crippen LogP contribution is 2.19. The fraction of sp³-hybridized carbons (Fsp3) is 0.571. The second kappa shape index (κ2) is 7.84. The molecule has 5 nitrogen and oxygen atoms in total. The van der Waals surface area contributed by atoms with Gasteiger partial charge < -0.3 is 10.5 Å². The summed E-state index contributed by atoms with van der Waals surface area (Å²) in [6.45, 7) is 6.20. The van der Waals surface area contributed by atoms with E-state index in [4.69, 9.17) is 10.5 Å². The second-order valence-electron chi connectivity index (χ2n) is 5.05. The first kappa shape index (κ1) is 18.0. The highest BCUT2D eigenvalue weighted by molar-refractivity contribution is 7.89. The largest absolute Gasteiger partial charge is 0.380 e. The van der Waals surface area contributed by atoms with Gasteiger partial charge in [-0.1, -0.05) is 19.9 Å². The lowest BCUT2D eigenvalue weighted by molar-refractivity contribution is 0.116. The summed E-state index contributed by atoms with van der Waals surface area (Å²) in [5, 5.41) is 0. The van der Waals surface area contributed by atoms with Crippen LogP contribution < -0.4 is 10.5 Å². The van der Waals surface area contributed by atoms with Crippen molar-refractivity contribution in [2.45, 2.75) is 38.3 Å². The maximum Gasteiger partial charge on any atom is 0.241 e. The molecule has 1 aromatic rings. The highest BCUT2D eigenvalue weighted by Gasteiger charge is 2.25. The lowest BCUT2D eigenvalue weighted by atomic mass is 10.1. The molecule has 3 N–H and O–H groups in total. The van der Waals surface area contributed by atoms with Crippen molar-refractivity contribution in [3.8, 4) is 0 Å². The number of sulfonamides is 1. The van der Waals surface area contributed by atoms with E-state index in [0.29, 0.717) is 6.61 Å². The van der Waals surface area contributed by atoms with Crippen LogP contribution in [-0.2, 0) is 21.3 Å². The fourth-order valence-corrected chi connectivity index (χ4v) is 3.49. The third-order valence-corrected chi connectivity index (χ3v) is 4.76. The van der Waals surface area contributed by atoms with Crippen molar-refractivity contribution in [2.75, 3.05) is 13.2 Å². The Labute approximate surface area is 125 Å². The Balaban J connectivity index is 3.08. The Bertz CT molecular complexity index is 561. The molecule has 21 heavy (non-hydrogen) atoms. The van der Waals surface area contributed by atoms with Gasteiger partial charge in [-0.25, -0.2) is 17.5 Å². The molecule has 120 valence electrons. The van der Waals surface area contributed by atoms with Crippen LogP contribution in [0.3, 0.4) is 0 Å². The molecule has 0 saturated heterocycles. The molecule has 0 amide bonds. The summed E-state index contributed by atoms with van der Waals surface area (Å²) in [6.07, 6.45) is 0. The fourth-order valence-electron chi connectivity index (χ4n) is 1.86. The van der Waals surface area contributed by atoms with E-state index < -0.39 is 15.8 Å². The Morgan fingerprint density at radius 1 is 1.38 bits per heavy atom. The van der Waals surface area contributed by atoms with Crippen molar-refractivity contribution >= 4 is 10.0 Å². The van der Waals surface area contributed by atoms with E-state index in [9.17, 15) is 12.8 Å². The van der Waals surface area contributed by atoms with Gasteiger partial charge in [0.1, 0.15) is 5.82 Å². The number of halogens is 1. The Kier molecular flexibility index (Phi) is 6.73. The van der Waals surface area contributed by atoms with Crippen LogP contribution >= 0.6 is 0 Å². The summed E-state index contributed by atoms with van der Waals surface area (Å²) in [4.78, 5) is -0.118. The van der Waals surface area contributed by atoms with Gasteiger partial charge in [-0.15, -0.1) is 0 Å². The standard InChI is InChI=1S/C14H23FN2O3S/c1-4-20-9-13(10(2)3)17-21(18,19)14-7-5-6-12(15)11(14)8-16/h5-7,10,13,17H,4,8-9,16H2,1-3H3. The van der Waals surface area contributed by atoms with Crippen LogP contribution in [0.2, 0.25) is 0 Å². The van der Waals surface area contributed by atoms with E-state index in [1.807, 2.05) is 20.8 Å².